The normalized spacial score (nSPS) is 16.3. The number of piperidine rings is 1. The number of imidazole rings is 1. The number of hydrogen-bond acceptors (Lipinski definition) is 4. The molecule has 4 rings (SSSR count). The van der Waals surface area contributed by atoms with Crippen LogP contribution in [0.15, 0.2) is 18.2 Å². The van der Waals surface area contributed by atoms with E-state index < -0.39 is 0 Å². The van der Waals surface area contributed by atoms with Crippen molar-refractivity contribution >= 4 is 54.2 Å². The molecule has 2 aliphatic heterocycles. The maximum Gasteiger partial charge on any atom is 0.253 e. The summed E-state index contributed by atoms with van der Waals surface area (Å²) in [4.78, 5) is 23.5. The molecule has 2 saturated heterocycles. The predicted molar refractivity (Wildman–Crippen MR) is 171 cm³/mol. The van der Waals surface area contributed by atoms with Crippen molar-refractivity contribution < 1.29 is 4.79 Å². The molecule has 0 atom stereocenters. The van der Waals surface area contributed by atoms with Crippen LogP contribution in [0.3, 0.4) is 0 Å². The van der Waals surface area contributed by atoms with E-state index in [0.29, 0.717) is 17.8 Å². The third-order valence-electron chi connectivity index (χ3n) is 8.02. The van der Waals surface area contributed by atoms with Crippen molar-refractivity contribution in [3.8, 4) is 0 Å². The fourth-order valence-electron chi connectivity index (χ4n) is 5.69. The Kier molecular flexibility index (Phi) is 16.3. The summed E-state index contributed by atoms with van der Waals surface area (Å²) < 4.78 is 2.46. The minimum Gasteiger partial charge on any atom is -0.339 e. The number of halogens is 3. The van der Waals surface area contributed by atoms with Gasteiger partial charge in [-0.05, 0) is 108 Å². The monoisotopic (exact) mass is 603 g/mol. The van der Waals surface area contributed by atoms with Gasteiger partial charge in [0.2, 0.25) is 0 Å². The first-order valence-electron chi connectivity index (χ1n) is 14.6. The standard InChI is InChI=1S/C30H49N5O.3ClH/c1-23(2)12-20-34(21-13-24(3)4)30(36)26-8-9-27-28(22-26)35(19-7-18-33-16-5-6-17-33)29(32-27)25-10-14-31-15-11-25;;;/h8-9,22-25,31H,5-7,10-21H2,1-4H3;3*1H. The van der Waals surface area contributed by atoms with Crippen molar-refractivity contribution in [3.05, 3.63) is 29.6 Å². The number of aromatic nitrogens is 2. The lowest BCUT2D eigenvalue weighted by molar-refractivity contribution is 0.0741. The van der Waals surface area contributed by atoms with Crippen LogP contribution in [0.25, 0.3) is 11.0 Å². The molecule has 1 aromatic heterocycles. The van der Waals surface area contributed by atoms with Crippen LogP contribution in [-0.4, -0.2) is 71.1 Å². The van der Waals surface area contributed by atoms with Crippen LogP contribution in [0.4, 0.5) is 0 Å². The molecule has 39 heavy (non-hydrogen) atoms. The molecule has 0 aliphatic carbocycles. The molecule has 0 bridgehead atoms. The lowest BCUT2D eigenvalue weighted by atomic mass is 9.97. The first-order chi connectivity index (χ1) is 17.4. The summed E-state index contributed by atoms with van der Waals surface area (Å²) in [5.74, 6) is 3.08. The smallest absolute Gasteiger partial charge is 0.253 e. The van der Waals surface area contributed by atoms with E-state index in [1.807, 2.05) is 6.07 Å². The van der Waals surface area contributed by atoms with Crippen LogP contribution in [0.1, 0.15) is 94.7 Å². The zero-order valence-corrected chi connectivity index (χ0v) is 26.9. The van der Waals surface area contributed by atoms with Crippen molar-refractivity contribution in [1.82, 2.24) is 24.7 Å². The van der Waals surface area contributed by atoms with Crippen LogP contribution in [0, 0.1) is 11.8 Å². The largest absolute Gasteiger partial charge is 0.339 e. The van der Waals surface area contributed by atoms with Gasteiger partial charge in [-0.25, -0.2) is 4.98 Å². The molecule has 224 valence electrons. The first kappa shape index (κ1) is 36.0. The minimum absolute atomic E-state index is 0. The summed E-state index contributed by atoms with van der Waals surface area (Å²) in [6.07, 6.45) is 8.17. The Labute approximate surface area is 255 Å². The summed E-state index contributed by atoms with van der Waals surface area (Å²) in [5.41, 5.74) is 2.99. The molecule has 1 N–H and O–H groups in total. The third-order valence-corrected chi connectivity index (χ3v) is 8.02. The van der Waals surface area contributed by atoms with Gasteiger partial charge in [-0.2, -0.15) is 0 Å². The topological polar surface area (TPSA) is 53.4 Å². The van der Waals surface area contributed by atoms with Gasteiger partial charge in [-0.1, -0.05) is 27.7 Å². The van der Waals surface area contributed by atoms with Crippen molar-refractivity contribution in [1.29, 1.82) is 0 Å². The van der Waals surface area contributed by atoms with Gasteiger partial charge in [0.05, 0.1) is 11.0 Å². The molecular formula is C30H52Cl3N5O. The Balaban J connectivity index is 0.00000253. The van der Waals surface area contributed by atoms with Gasteiger partial charge < -0.3 is 19.7 Å². The van der Waals surface area contributed by atoms with E-state index in [1.54, 1.807) is 0 Å². The number of carbonyl (C=O) groups excluding carboxylic acids is 1. The van der Waals surface area contributed by atoms with Crippen LogP contribution in [0.5, 0.6) is 0 Å². The molecule has 2 fully saturated rings. The van der Waals surface area contributed by atoms with Crippen molar-refractivity contribution in [2.24, 2.45) is 11.8 Å². The van der Waals surface area contributed by atoms with Gasteiger partial charge in [0.25, 0.3) is 5.91 Å². The van der Waals surface area contributed by atoms with E-state index in [-0.39, 0.29) is 43.1 Å². The zero-order valence-electron chi connectivity index (χ0n) is 24.5. The van der Waals surface area contributed by atoms with E-state index in [0.717, 1.165) is 88.0 Å². The Morgan fingerprint density at radius 2 is 1.59 bits per heavy atom. The van der Waals surface area contributed by atoms with Crippen LogP contribution >= 0.6 is 37.2 Å². The number of likely N-dealkylation sites (tertiary alicyclic amines) is 1. The van der Waals surface area contributed by atoms with Crippen molar-refractivity contribution in [2.75, 3.05) is 45.8 Å². The Hall–Kier alpha value is -1.05. The van der Waals surface area contributed by atoms with E-state index in [2.05, 4.69) is 59.5 Å². The van der Waals surface area contributed by atoms with E-state index in [1.165, 1.54) is 31.8 Å². The number of nitrogens with zero attached hydrogens (tertiary/aromatic N) is 4. The average molecular weight is 605 g/mol. The molecular weight excluding hydrogens is 553 g/mol. The molecule has 0 unspecified atom stereocenters. The molecule has 9 heteroatoms. The molecule has 0 saturated carbocycles. The number of carbonyl (C=O) groups is 1. The molecule has 3 heterocycles. The summed E-state index contributed by atoms with van der Waals surface area (Å²) in [6.45, 7) is 17.3. The molecule has 1 aromatic carbocycles. The maximum absolute atomic E-state index is 13.7. The zero-order chi connectivity index (χ0) is 25.5. The number of hydrogen-bond donors (Lipinski definition) is 1. The molecule has 2 aliphatic rings. The highest BCUT2D eigenvalue weighted by atomic mass is 35.5. The van der Waals surface area contributed by atoms with Crippen molar-refractivity contribution in [2.45, 2.75) is 85.1 Å². The van der Waals surface area contributed by atoms with Gasteiger partial charge in [0.15, 0.2) is 0 Å². The molecule has 6 nitrogen and oxygen atoms in total. The summed E-state index contributed by atoms with van der Waals surface area (Å²) in [7, 11) is 0. The highest BCUT2D eigenvalue weighted by Gasteiger charge is 2.24. The van der Waals surface area contributed by atoms with Gasteiger partial charge in [0, 0.05) is 31.1 Å². The molecule has 0 radical (unpaired) electrons. The number of fused-ring (bicyclic) bond motifs is 1. The Morgan fingerprint density at radius 3 is 2.18 bits per heavy atom. The highest BCUT2D eigenvalue weighted by Crippen LogP contribution is 2.29. The lowest BCUT2D eigenvalue weighted by Crippen LogP contribution is -2.34. The van der Waals surface area contributed by atoms with Crippen LogP contribution < -0.4 is 5.32 Å². The molecule has 2 aromatic rings. The third kappa shape index (κ3) is 10.1. The summed E-state index contributed by atoms with van der Waals surface area (Å²) in [5, 5.41) is 3.50. The predicted octanol–water partition coefficient (Wildman–Crippen LogP) is 6.79. The van der Waals surface area contributed by atoms with Gasteiger partial charge in [0.1, 0.15) is 5.82 Å². The van der Waals surface area contributed by atoms with Gasteiger partial charge >= 0.3 is 0 Å². The molecule has 1 amide bonds. The second-order valence-corrected chi connectivity index (χ2v) is 11.9. The number of aryl methyl sites for hydroxylation is 1. The van der Waals surface area contributed by atoms with Crippen LogP contribution in [-0.2, 0) is 6.54 Å². The second-order valence-electron chi connectivity index (χ2n) is 11.9. The molecule has 0 spiro atoms. The van der Waals surface area contributed by atoms with E-state index in [9.17, 15) is 4.79 Å². The Bertz CT molecular complexity index is 972. The number of nitrogens with one attached hydrogen (secondary N) is 1. The number of amides is 1. The average Bonchev–Trinajstić information content (AvgIpc) is 3.52. The minimum atomic E-state index is 0. The number of rotatable bonds is 12. The van der Waals surface area contributed by atoms with Crippen LogP contribution in [0.2, 0.25) is 0 Å². The lowest BCUT2D eigenvalue weighted by Gasteiger charge is -2.25. The summed E-state index contributed by atoms with van der Waals surface area (Å²) >= 11 is 0. The van der Waals surface area contributed by atoms with Crippen molar-refractivity contribution in [3.63, 3.8) is 0 Å². The number of benzene rings is 1. The van der Waals surface area contributed by atoms with E-state index in [4.69, 9.17) is 4.98 Å². The fraction of sp³-hybridized carbons (Fsp3) is 0.733. The summed E-state index contributed by atoms with van der Waals surface area (Å²) in [6, 6.07) is 6.24. The highest BCUT2D eigenvalue weighted by molar-refractivity contribution is 5.97. The van der Waals surface area contributed by atoms with E-state index >= 15 is 0 Å². The van der Waals surface area contributed by atoms with Gasteiger partial charge in [-0.15, -0.1) is 37.2 Å². The first-order valence-corrected chi connectivity index (χ1v) is 14.6. The maximum atomic E-state index is 13.7. The Morgan fingerprint density at radius 1 is 0.974 bits per heavy atom. The fourth-order valence-corrected chi connectivity index (χ4v) is 5.69. The SMILES string of the molecule is CC(C)CCN(CCC(C)C)C(=O)c1ccc2nc(C3CCNCC3)n(CCCN3CCCC3)c2c1.Cl.Cl.Cl. The van der Waals surface area contributed by atoms with Gasteiger partial charge in [-0.3, -0.25) is 4.79 Å². The second kappa shape index (κ2) is 17.7. The quantitative estimate of drug-likeness (QED) is 0.290.